The first-order valence-corrected chi connectivity index (χ1v) is 7.88. The van der Waals surface area contributed by atoms with Crippen LogP contribution in [0, 0.1) is 6.92 Å². The Morgan fingerprint density at radius 3 is 2.77 bits per heavy atom. The fourth-order valence-electron chi connectivity index (χ4n) is 2.08. The minimum absolute atomic E-state index is 0. The molecule has 0 aliphatic heterocycles. The highest BCUT2D eigenvalue weighted by atomic mass is 127. The number of rotatable bonds is 4. The number of aromatic nitrogens is 2. The van der Waals surface area contributed by atoms with Crippen molar-refractivity contribution >= 4 is 52.9 Å². The zero-order valence-electron chi connectivity index (χ0n) is 13.1. The average Bonchev–Trinajstić information content (AvgIpc) is 2.97. The summed E-state index contributed by atoms with van der Waals surface area (Å²) in [7, 11) is 5.79. The Bertz CT molecular complexity index is 637. The summed E-state index contributed by atoms with van der Waals surface area (Å²) in [5.74, 6) is 0.847. The highest BCUT2D eigenvalue weighted by molar-refractivity contribution is 14.0. The summed E-state index contributed by atoms with van der Waals surface area (Å²) in [4.78, 5) is 11.9. The van der Waals surface area contributed by atoms with Crippen LogP contribution in [0.3, 0.4) is 0 Å². The molecule has 122 valence electrons. The molecule has 0 aliphatic carbocycles. The normalized spacial score (nSPS) is 11.2. The largest absolute Gasteiger partial charge is 0.351 e. The summed E-state index contributed by atoms with van der Waals surface area (Å²) in [6.07, 6.45) is 1.90. The van der Waals surface area contributed by atoms with Crippen molar-refractivity contribution in [1.82, 2.24) is 19.8 Å². The van der Waals surface area contributed by atoms with Crippen LogP contribution in [0.2, 0.25) is 5.02 Å². The Labute approximate surface area is 157 Å². The summed E-state index contributed by atoms with van der Waals surface area (Å²) >= 11 is 7.67. The minimum atomic E-state index is 0. The second-order valence-electron chi connectivity index (χ2n) is 4.88. The van der Waals surface area contributed by atoms with Gasteiger partial charge in [0.1, 0.15) is 0 Å². The fourth-order valence-corrected chi connectivity index (χ4v) is 3.07. The molecule has 0 saturated carbocycles. The lowest BCUT2D eigenvalue weighted by molar-refractivity contribution is 0.462. The van der Waals surface area contributed by atoms with E-state index in [0.29, 0.717) is 0 Å². The molecule has 0 amide bonds. The van der Waals surface area contributed by atoms with Crippen LogP contribution in [0.5, 0.6) is 0 Å². The van der Waals surface area contributed by atoms with Gasteiger partial charge in [-0.1, -0.05) is 11.6 Å². The van der Waals surface area contributed by atoms with Gasteiger partial charge in [-0.2, -0.15) is 0 Å². The molecule has 1 N–H and O–H groups in total. The zero-order chi connectivity index (χ0) is 15.4. The monoisotopic (exact) mass is 453 g/mol. The van der Waals surface area contributed by atoms with Crippen molar-refractivity contribution in [1.29, 1.82) is 0 Å². The van der Waals surface area contributed by atoms with Gasteiger partial charge in [-0.05, 0) is 13.0 Å². The van der Waals surface area contributed by atoms with Gasteiger partial charge in [-0.15, -0.1) is 35.3 Å². The molecule has 2 heterocycles. The molecule has 0 atom stereocenters. The summed E-state index contributed by atoms with van der Waals surface area (Å²) in [6, 6.07) is 1.97. The zero-order valence-corrected chi connectivity index (χ0v) is 17.0. The van der Waals surface area contributed by atoms with Gasteiger partial charge >= 0.3 is 0 Å². The number of hydrogen-bond acceptors (Lipinski definition) is 3. The summed E-state index contributed by atoms with van der Waals surface area (Å²) < 4.78 is 2.03. The van der Waals surface area contributed by atoms with E-state index in [1.165, 1.54) is 4.88 Å². The predicted octanol–water partition coefficient (Wildman–Crippen LogP) is 3.27. The number of guanidine groups is 1. The maximum atomic E-state index is 6.02. The topological polar surface area (TPSA) is 45.5 Å². The van der Waals surface area contributed by atoms with Gasteiger partial charge in [0, 0.05) is 37.9 Å². The fraction of sp³-hybridized carbons (Fsp3) is 0.429. The molecule has 22 heavy (non-hydrogen) atoms. The van der Waals surface area contributed by atoms with Crippen molar-refractivity contribution in [2.45, 2.75) is 20.0 Å². The molecule has 0 unspecified atom stereocenters. The van der Waals surface area contributed by atoms with Crippen molar-refractivity contribution in [2.24, 2.45) is 12.0 Å². The number of nitrogens with one attached hydrogen (secondary N) is 1. The van der Waals surface area contributed by atoms with Crippen LogP contribution in [0.1, 0.15) is 16.3 Å². The van der Waals surface area contributed by atoms with Gasteiger partial charge < -0.3 is 14.8 Å². The molecule has 0 aromatic carbocycles. The van der Waals surface area contributed by atoms with Crippen LogP contribution in [0.25, 0.3) is 0 Å². The number of hydrogen-bond donors (Lipinski definition) is 1. The lowest BCUT2D eigenvalue weighted by Gasteiger charge is -2.22. The van der Waals surface area contributed by atoms with Crippen LogP contribution >= 0.6 is 46.9 Å². The molecular weight excluding hydrogens is 433 g/mol. The van der Waals surface area contributed by atoms with Gasteiger partial charge in [0.2, 0.25) is 0 Å². The third-order valence-corrected chi connectivity index (χ3v) is 4.44. The number of nitrogens with zero attached hydrogens (tertiary/aromatic N) is 4. The van der Waals surface area contributed by atoms with E-state index >= 15 is 0 Å². The van der Waals surface area contributed by atoms with E-state index < -0.39 is 0 Å². The van der Waals surface area contributed by atoms with Crippen molar-refractivity contribution in [3.05, 3.63) is 39.1 Å². The summed E-state index contributed by atoms with van der Waals surface area (Å²) in [5.41, 5.74) is 4.07. The van der Waals surface area contributed by atoms with E-state index in [9.17, 15) is 0 Å². The third-order valence-electron chi connectivity index (χ3n) is 3.30. The van der Waals surface area contributed by atoms with Crippen molar-refractivity contribution in [3.63, 3.8) is 0 Å². The maximum absolute atomic E-state index is 6.02. The first kappa shape index (κ1) is 19.2. The molecule has 2 aromatic heterocycles. The number of halogens is 2. The molecule has 0 saturated heterocycles. The molecule has 0 aliphatic rings. The Hall–Kier alpha value is -0.800. The average molecular weight is 454 g/mol. The Morgan fingerprint density at radius 1 is 1.55 bits per heavy atom. The Morgan fingerprint density at radius 2 is 2.27 bits per heavy atom. The Kier molecular flexibility index (Phi) is 7.64. The second kappa shape index (κ2) is 8.73. The first-order valence-electron chi connectivity index (χ1n) is 6.62. The Balaban J connectivity index is 0.00000242. The van der Waals surface area contributed by atoms with E-state index in [0.717, 1.165) is 35.5 Å². The highest BCUT2D eigenvalue weighted by Crippen LogP contribution is 2.15. The van der Waals surface area contributed by atoms with Gasteiger partial charge in [0.25, 0.3) is 0 Å². The first-order chi connectivity index (χ1) is 10.0. The quantitative estimate of drug-likeness (QED) is 0.439. The van der Waals surface area contributed by atoms with E-state index in [-0.39, 0.29) is 24.0 Å². The van der Waals surface area contributed by atoms with Crippen LogP contribution in [-0.2, 0) is 20.1 Å². The highest BCUT2D eigenvalue weighted by Gasteiger charge is 2.10. The molecule has 0 radical (unpaired) electrons. The molecule has 5 nitrogen and oxygen atoms in total. The van der Waals surface area contributed by atoms with Crippen LogP contribution in [-0.4, -0.2) is 34.5 Å². The van der Waals surface area contributed by atoms with Gasteiger partial charge in [0.15, 0.2) is 5.96 Å². The van der Waals surface area contributed by atoms with Crippen LogP contribution in [0.15, 0.2) is 22.8 Å². The van der Waals surface area contributed by atoms with E-state index in [4.69, 9.17) is 11.6 Å². The molecular formula is C14H21ClIN5S. The maximum Gasteiger partial charge on any atom is 0.194 e. The van der Waals surface area contributed by atoms with E-state index in [1.807, 2.05) is 43.4 Å². The number of thiazole rings is 1. The smallest absolute Gasteiger partial charge is 0.194 e. The summed E-state index contributed by atoms with van der Waals surface area (Å²) in [6.45, 7) is 3.50. The lowest BCUT2D eigenvalue weighted by atomic mass is 10.4. The van der Waals surface area contributed by atoms with E-state index in [1.54, 1.807) is 18.4 Å². The lowest BCUT2D eigenvalue weighted by Crippen LogP contribution is -2.38. The molecule has 2 rings (SSSR count). The molecule has 0 fully saturated rings. The number of aryl methyl sites for hydroxylation is 2. The number of aliphatic imine (C=N–C) groups is 1. The third kappa shape index (κ3) is 4.85. The van der Waals surface area contributed by atoms with Crippen molar-refractivity contribution < 1.29 is 0 Å². The molecule has 2 aromatic rings. The predicted molar refractivity (Wildman–Crippen MR) is 104 cm³/mol. The van der Waals surface area contributed by atoms with Gasteiger partial charge in [0.05, 0.1) is 29.3 Å². The molecule has 8 heteroatoms. The molecule has 0 bridgehead atoms. The molecule has 0 spiro atoms. The minimum Gasteiger partial charge on any atom is -0.351 e. The van der Waals surface area contributed by atoms with E-state index in [2.05, 4.69) is 20.2 Å². The van der Waals surface area contributed by atoms with Gasteiger partial charge in [-0.25, -0.2) is 4.98 Å². The summed E-state index contributed by atoms with van der Waals surface area (Å²) in [5, 5.41) is 4.12. The van der Waals surface area contributed by atoms with Crippen molar-refractivity contribution in [3.8, 4) is 0 Å². The van der Waals surface area contributed by atoms with Crippen molar-refractivity contribution in [2.75, 3.05) is 14.1 Å². The second-order valence-corrected chi connectivity index (χ2v) is 6.25. The van der Waals surface area contributed by atoms with Gasteiger partial charge in [-0.3, -0.25) is 4.99 Å². The van der Waals surface area contributed by atoms with Crippen LogP contribution < -0.4 is 5.32 Å². The SMILES string of the molecule is CN=C(NCc1scnc1C)N(C)Cc1cc(Cl)cn1C.I. The van der Waals surface area contributed by atoms with Crippen LogP contribution in [0.4, 0.5) is 0 Å². The standard InChI is InChI=1S/C14H20ClN5S.HI/c1-10-13(21-9-18-10)6-17-14(16-2)20(4)8-12-5-11(15)7-19(12)3;/h5,7,9H,6,8H2,1-4H3,(H,16,17);1H.